The molecule has 0 fully saturated rings. The van der Waals surface area contributed by atoms with Gasteiger partial charge in [0, 0.05) is 6.42 Å². The van der Waals surface area contributed by atoms with Crippen LogP contribution < -0.4 is 0 Å². The van der Waals surface area contributed by atoms with Crippen LogP contribution in [0.25, 0.3) is 0 Å². The van der Waals surface area contributed by atoms with Crippen LogP contribution in [-0.2, 0) is 9.53 Å². The van der Waals surface area contributed by atoms with Crippen molar-refractivity contribution in [2.24, 2.45) is 5.92 Å². The summed E-state index contributed by atoms with van der Waals surface area (Å²) in [6, 6.07) is 0. The van der Waals surface area contributed by atoms with Gasteiger partial charge in [0.05, 0.1) is 6.61 Å². The quantitative estimate of drug-likeness (QED) is 0.160. The number of carbonyl (C=O) groups is 1. The van der Waals surface area contributed by atoms with Gasteiger partial charge in [-0.25, -0.2) is 0 Å². The molecule has 2 nitrogen and oxygen atoms in total. The fraction of sp³-hybridized carbons (Fsp3) is 0.958. The zero-order valence-electron chi connectivity index (χ0n) is 18.3. The zero-order chi connectivity index (χ0) is 19.3. The van der Waals surface area contributed by atoms with Crippen LogP contribution in [0.15, 0.2) is 0 Å². The van der Waals surface area contributed by atoms with E-state index in [4.69, 9.17) is 4.74 Å². The summed E-state index contributed by atoms with van der Waals surface area (Å²) in [7, 11) is 0. The Balaban J connectivity index is 3.22. The minimum Gasteiger partial charge on any atom is -0.466 e. The van der Waals surface area contributed by atoms with Crippen molar-refractivity contribution in [3.05, 3.63) is 0 Å². The fourth-order valence-corrected chi connectivity index (χ4v) is 3.64. The lowest BCUT2D eigenvalue weighted by atomic mass is 9.97. The number of hydrogen-bond acceptors (Lipinski definition) is 2. The molecule has 0 N–H and O–H groups in total. The summed E-state index contributed by atoms with van der Waals surface area (Å²) in [4.78, 5) is 11.8. The van der Waals surface area contributed by atoms with Crippen molar-refractivity contribution in [2.45, 2.75) is 136 Å². The maximum Gasteiger partial charge on any atom is 0.306 e. The topological polar surface area (TPSA) is 26.3 Å². The maximum atomic E-state index is 11.8. The third kappa shape index (κ3) is 18.3. The van der Waals surface area contributed by atoms with Gasteiger partial charge in [0.2, 0.25) is 0 Å². The van der Waals surface area contributed by atoms with E-state index < -0.39 is 0 Å². The lowest BCUT2D eigenvalue weighted by Crippen LogP contribution is -2.12. The molecule has 0 aliphatic heterocycles. The monoisotopic (exact) mass is 368 g/mol. The molecule has 156 valence electrons. The molecule has 0 bridgehead atoms. The van der Waals surface area contributed by atoms with Crippen LogP contribution in [0.2, 0.25) is 0 Å². The number of ether oxygens (including phenoxy) is 1. The van der Waals surface area contributed by atoms with Gasteiger partial charge in [-0.3, -0.25) is 4.79 Å². The first-order valence-corrected chi connectivity index (χ1v) is 11.9. The summed E-state index contributed by atoms with van der Waals surface area (Å²) in [5.74, 6) is 0.531. The third-order valence-corrected chi connectivity index (χ3v) is 5.49. The van der Waals surface area contributed by atoms with E-state index in [9.17, 15) is 4.79 Å². The highest BCUT2D eigenvalue weighted by molar-refractivity contribution is 5.69. The van der Waals surface area contributed by atoms with Gasteiger partial charge in [0.1, 0.15) is 0 Å². The van der Waals surface area contributed by atoms with Crippen molar-refractivity contribution in [1.29, 1.82) is 0 Å². The molecule has 0 aromatic rings. The minimum atomic E-state index is 0.0139. The number of rotatable bonds is 20. The summed E-state index contributed by atoms with van der Waals surface area (Å²) >= 11 is 0. The Hall–Kier alpha value is -0.530. The van der Waals surface area contributed by atoms with Gasteiger partial charge in [-0.1, -0.05) is 124 Å². The molecule has 26 heavy (non-hydrogen) atoms. The van der Waals surface area contributed by atoms with Crippen molar-refractivity contribution in [3.63, 3.8) is 0 Å². The van der Waals surface area contributed by atoms with E-state index in [1.165, 1.54) is 83.5 Å². The predicted octanol–water partition coefficient (Wildman–Crippen LogP) is 8.23. The molecule has 0 saturated heterocycles. The Morgan fingerprint density at radius 1 is 0.654 bits per heavy atom. The van der Waals surface area contributed by atoms with Gasteiger partial charge < -0.3 is 4.74 Å². The van der Waals surface area contributed by atoms with E-state index in [2.05, 4.69) is 20.8 Å². The summed E-state index contributed by atoms with van der Waals surface area (Å²) in [6.45, 7) is 7.26. The average Bonchev–Trinajstić information content (AvgIpc) is 2.64. The molecule has 0 radical (unpaired) electrons. The van der Waals surface area contributed by atoms with Crippen LogP contribution in [0, 0.1) is 5.92 Å². The summed E-state index contributed by atoms with van der Waals surface area (Å²) in [5.41, 5.74) is 0. The zero-order valence-corrected chi connectivity index (χ0v) is 18.3. The smallest absolute Gasteiger partial charge is 0.306 e. The molecule has 1 atom stereocenters. The molecule has 0 amide bonds. The van der Waals surface area contributed by atoms with Crippen LogP contribution >= 0.6 is 0 Å². The Kier molecular flexibility index (Phi) is 20.4. The first kappa shape index (κ1) is 25.5. The van der Waals surface area contributed by atoms with Crippen LogP contribution in [0.5, 0.6) is 0 Å². The van der Waals surface area contributed by atoms with Gasteiger partial charge in [0.15, 0.2) is 0 Å². The maximum absolute atomic E-state index is 11.8. The van der Waals surface area contributed by atoms with Gasteiger partial charge in [0.25, 0.3) is 0 Å². The predicted molar refractivity (Wildman–Crippen MR) is 115 cm³/mol. The van der Waals surface area contributed by atoms with Crippen molar-refractivity contribution >= 4 is 5.97 Å². The number of esters is 1. The number of carbonyl (C=O) groups excluding carboxylic acids is 1. The fourth-order valence-electron chi connectivity index (χ4n) is 3.64. The number of unbranched alkanes of at least 4 members (excludes halogenated alkanes) is 13. The van der Waals surface area contributed by atoms with Crippen LogP contribution in [-0.4, -0.2) is 12.6 Å². The highest BCUT2D eigenvalue weighted by Crippen LogP contribution is 2.16. The van der Waals surface area contributed by atoms with Crippen molar-refractivity contribution in [3.8, 4) is 0 Å². The molecule has 0 aliphatic rings. The molecule has 0 aliphatic carbocycles. The molecule has 0 saturated carbocycles. The minimum absolute atomic E-state index is 0.0139. The van der Waals surface area contributed by atoms with Crippen LogP contribution in [0.4, 0.5) is 0 Å². The Labute approximate surface area is 164 Å². The first-order chi connectivity index (χ1) is 12.7. The molecule has 0 heterocycles. The average molecular weight is 369 g/mol. The Morgan fingerprint density at radius 2 is 1.12 bits per heavy atom. The standard InChI is InChI=1S/C24H48O2/c1-4-7-8-9-10-11-12-13-14-15-16-17-18-19-21-26-24(25)22-23(6-3)20-5-2/h23H,4-22H2,1-3H3. The second-order valence-corrected chi connectivity index (χ2v) is 8.08. The Bertz CT molecular complexity index is 288. The van der Waals surface area contributed by atoms with E-state index in [0.717, 1.165) is 25.7 Å². The van der Waals surface area contributed by atoms with Crippen molar-refractivity contribution in [1.82, 2.24) is 0 Å². The molecular weight excluding hydrogens is 320 g/mol. The summed E-state index contributed by atoms with van der Waals surface area (Å²) in [5, 5.41) is 0. The first-order valence-electron chi connectivity index (χ1n) is 11.9. The van der Waals surface area contributed by atoms with Gasteiger partial charge in [-0.2, -0.15) is 0 Å². The molecule has 2 heteroatoms. The van der Waals surface area contributed by atoms with E-state index in [1.54, 1.807) is 0 Å². The molecule has 0 aromatic heterocycles. The second-order valence-electron chi connectivity index (χ2n) is 8.08. The second kappa shape index (κ2) is 20.8. The van der Waals surface area contributed by atoms with E-state index in [-0.39, 0.29) is 5.97 Å². The van der Waals surface area contributed by atoms with E-state index >= 15 is 0 Å². The lowest BCUT2D eigenvalue weighted by Gasteiger charge is -2.12. The van der Waals surface area contributed by atoms with Gasteiger partial charge >= 0.3 is 5.97 Å². The SMILES string of the molecule is CCCCCCCCCCCCCCCCOC(=O)CC(CC)CCC. The van der Waals surface area contributed by atoms with Crippen molar-refractivity contribution < 1.29 is 9.53 Å². The molecular formula is C24H48O2. The molecule has 0 rings (SSSR count). The summed E-state index contributed by atoms with van der Waals surface area (Å²) in [6.07, 6.45) is 23.0. The highest BCUT2D eigenvalue weighted by Gasteiger charge is 2.12. The summed E-state index contributed by atoms with van der Waals surface area (Å²) < 4.78 is 5.39. The van der Waals surface area contributed by atoms with Crippen molar-refractivity contribution in [2.75, 3.05) is 6.61 Å². The van der Waals surface area contributed by atoms with E-state index in [0.29, 0.717) is 18.9 Å². The largest absolute Gasteiger partial charge is 0.466 e. The van der Waals surface area contributed by atoms with Crippen LogP contribution in [0.1, 0.15) is 136 Å². The molecule has 1 unspecified atom stereocenters. The Morgan fingerprint density at radius 3 is 1.54 bits per heavy atom. The highest BCUT2D eigenvalue weighted by atomic mass is 16.5. The third-order valence-electron chi connectivity index (χ3n) is 5.49. The molecule has 0 spiro atoms. The normalized spacial score (nSPS) is 12.3. The number of hydrogen-bond donors (Lipinski definition) is 0. The van der Waals surface area contributed by atoms with Gasteiger partial charge in [-0.05, 0) is 12.3 Å². The molecule has 0 aromatic carbocycles. The van der Waals surface area contributed by atoms with Gasteiger partial charge in [-0.15, -0.1) is 0 Å². The van der Waals surface area contributed by atoms with E-state index in [1.807, 2.05) is 0 Å². The lowest BCUT2D eigenvalue weighted by molar-refractivity contribution is -0.145. The van der Waals surface area contributed by atoms with Crippen LogP contribution in [0.3, 0.4) is 0 Å².